The highest BCUT2D eigenvalue weighted by atomic mass is 19.1. The third kappa shape index (κ3) is 4.19. The van der Waals surface area contributed by atoms with Gasteiger partial charge >= 0.3 is 5.69 Å². The molecule has 2 heterocycles. The van der Waals surface area contributed by atoms with E-state index in [0.29, 0.717) is 5.56 Å². The molecule has 0 spiro atoms. The zero-order valence-electron chi connectivity index (χ0n) is 14.3. The van der Waals surface area contributed by atoms with Crippen molar-refractivity contribution in [3.05, 3.63) is 62.0 Å². The summed E-state index contributed by atoms with van der Waals surface area (Å²) in [6, 6.07) is 5.56. The molecule has 1 aromatic heterocycles. The van der Waals surface area contributed by atoms with Crippen molar-refractivity contribution in [1.82, 2.24) is 14.6 Å². The lowest BCUT2D eigenvalue weighted by Gasteiger charge is -2.15. The summed E-state index contributed by atoms with van der Waals surface area (Å²) in [5.74, 6) is -0.848. The van der Waals surface area contributed by atoms with Crippen LogP contribution >= 0.6 is 0 Å². The van der Waals surface area contributed by atoms with Gasteiger partial charge < -0.3 is 5.11 Å². The molecule has 0 amide bonds. The normalized spacial score (nSPS) is 15.3. The molecule has 0 radical (unpaired) electrons. The van der Waals surface area contributed by atoms with Crippen LogP contribution in [0.1, 0.15) is 36.8 Å². The predicted octanol–water partition coefficient (Wildman–Crippen LogP) is 1.64. The number of aromatic hydroxyl groups is 1. The number of aromatic nitrogens is 2. The molecule has 7 nitrogen and oxygen atoms in total. The topological polar surface area (TPSA) is 90.7 Å². The van der Waals surface area contributed by atoms with Gasteiger partial charge in [-0.3, -0.25) is 19.4 Å². The van der Waals surface area contributed by atoms with E-state index in [9.17, 15) is 19.1 Å². The van der Waals surface area contributed by atoms with Crippen molar-refractivity contribution < 1.29 is 9.50 Å². The molecular formula is C18H21FN4O3. The quantitative estimate of drug-likeness (QED) is 0.811. The highest BCUT2D eigenvalue weighted by Gasteiger charge is 2.14. The third-order valence-corrected chi connectivity index (χ3v) is 4.39. The van der Waals surface area contributed by atoms with Crippen molar-refractivity contribution in [2.24, 2.45) is 5.10 Å². The highest BCUT2D eigenvalue weighted by Crippen LogP contribution is 2.13. The molecule has 0 unspecified atom stereocenters. The summed E-state index contributed by atoms with van der Waals surface area (Å²) >= 11 is 0. The smallest absolute Gasteiger partial charge is 0.331 e. The van der Waals surface area contributed by atoms with E-state index in [0.717, 1.165) is 43.3 Å². The van der Waals surface area contributed by atoms with E-state index < -0.39 is 22.9 Å². The van der Waals surface area contributed by atoms with Crippen LogP contribution in [-0.4, -0.2) is 39.0 Å². The van der Waals surface area contributed by atoms with Gasteiger partial charge in [-0.25, -0.2) is 9.18 Å². The predicted molar refractivity (Wildman–Crippen MR) is 96.1 cm³/mol. The molecule has 3 rings (SSSR count). The Morgan fingerprint density at radius 2 is 1.77 bits per heavy atom. The molecule has 2 N–H and O–H groups in total. The van der Waals surface area contributed by atoms with Crippen molar-refractivity contribution in [3.8, 4) is 5.88 Å². The Morgan fingerprint density at radius 1 is 1.12 bits per heavy atom. The zero-order valence-corrected chi connectivity index (χ0v) is 14.3. The van der Waals surface area contributed by atoms with E-state index in [4.69, 9.17) is 0 Å². The van der Waals surface area contributed by atoms with Gasteiger partial charge in [-0.1, -0.05) is 25.0 Å². The average molecular weight is 360 g/mol. The molecule has 1 fully saturated rings. The number of halogens is 1. The number of hydrogen-bond acceptors (Lipinski definition) is 5. The zero-order chi connectivity index (χ0) is 18.5. The summed E-state index contributed by atoms with van der Waals surface area (Å²) < 4.78 is 14.0. The first-order valence-corrected chi connectivity index (χ1v) is 8.64. The molecule has 26 heavy (non-hydrogen) atoms. The third-order valence-electron chi connectivity index (χ3n) is 4.39. The van der Waals surface area contributed by atoms with Crippen LogP contribution in [0.2, 0.25) is 0 Å². The molecular weight excluding hydrogens is 339 g/mol. The van der Waals surface area contributed by atoms with Crippen LogP contribution in [0.4, 0.5) is 4.39 Å². The number of hydrogen-bond donors (Lipinski definition) is 2. The molecule has 1 aliphatic heterocycles. The Morgan fingerprint density at radius 3 is 2.42 bits per heavy atom. The lowest BCUT2D eigenvalue weighted by molar-refractivity contribution is 0.302. The Balaban J connectivity index is 1.89. The molecule has 1 saturated heterocycles. The maximum atomic E-state index is 13.0. The van der Waals surface area contributed by atoms with Crippen molar-refractivity contribution in [1.29, 1.82) is 0 Å². The fraction of sp³-hybridized carbons (Fsp3) is 0.389. The standard InChI is InChI=1S/C18H21FN4O3/c19-14-7-5-13(6-8-14)12-23-17(25)15(16(24)21-18(23)26)11-20-22-9-3-1-2-4-10-22/h5-8,11,25H,1-4,9-10,12H2,(H,21,24,26)/b20-11+. The van der Waals surface area contributed by atoms with Gasteiger partial charge in [-0.15, -0.1) is 0 Å². The maximum Gasteiger partial charge on any atom is 0.331 e. The van der Waals surface area contributed by atoms with Crippen LogP contribution in [0.3, 0.4) is 0 Å². The molecule has 0 aliphatic carbocycles. The summed E-state index contributed by atoms with van der Waals surface area (Å²) in [4.78, 5) is 26.3. The largest absolute Gasteiger partial charge is 0.494 e. The van der Waals surface area contributed by atoms with Crippen LogP contribution in [0.25, 0.3) is 0 Å². The van der Waals surface area contributed by atoms with Crippen LogP contribution in [-0.2, 0) is 6.54 Å². The number of H-pyrrole nitrogens is 1. The van der Waals surface area contributed by atoms with Gasteiger partial charge in [0.05, 0.1) is 12.8 Å². The first kappa shape index (κ1) is 17.9. The Bertz CT molecular complexity index is 894. The maximum absolute atomic E-state index is 13.0. The molecule has 1 aromatic carbocycles. The van der Waals surface area contributed by atoms with Crippen molar-refractivity contribution in [3.63, 3.8) is 0 Å². The first-order valence-electron chi connectivity index (χ1n) is 8.64. The lowest BCUT2D eigenvalue weighted by Crippen LogP contribution is -2.32. The van der Waals surface area contributed by atoms with Gasteiger partial charge in [0, 0.05) is 13.1 Å². The van der Waals surface area contributed by atoms with E-state index in [1.54, 1.807) is 0 Å². The number of benzene rings is 1. The molecule has 2 aromatic rings. The summed E-state index contributed by atoms with van der Waals surface area (Å²) in [6.45, 7) is 1.60. The first-order chi connectivity index (χ1) is 12.5. The van der Waals surface area contributed by atoms with Gasteiger partial charge in [0.25, 0.3) is 5.56 Å². The van der Waals surface area contributed by atoms with Crippen LogP contribution in [0.5, 0.6) is 5.88 Å². The minimum Gasteiger partial charge on any atom is -0.494 e. The second-order valence-corrected chi connectivity index (χ2v) is 6.32. The number of aromatic amines is 1. The van der Waals surface area contributed by atoms with Crippen molar-refractivity contribution in [2.75, 3.05) is 13.1 Å². The molecule has 0 saturated carbocycles. The summed E-state index contributed by atoms with van der Waals surface area (Å²) in [5.41, 5.74) is -0.882. The number of nitrogens with zero attached hydrogens (tertiary/aromatic N) is 3. The Labute approximate surface area is 149 Å². The monoisotopic (exact) mass is 360 g/mol. The highest BCUT2D eigenvalue weighted by molar-refractivity contribution is 5.81. The van der Waals surface area contributed by atoms with E-state index in [1.807, 2.05) is 5.01 Å². The molecule has 138 valence electrons. The van der Waals surface area contributed by atoms with Gasteiger partial charge in [0.2, 0.25) is 5.88 Å². The number of nitrogens with one attached hydrogen (secondary N) is 1. The second-order valence-electron chi connectivity index (χ2n) is 6.32. The van der Waals surface area contributed by atoms with E-state index in [2.05, 4.69) is 10.1 Å². The van der Waals surface area contributed by atoms with Gasteiger partial charge in [-0.05, 0) is 30.5 Å². The number of rotatable bonds is 4. The van der Waals surface area contributed by atoms with Crippen LogP contribution in [0, 0.1) is 5.82 Å². The SMILES string of the molecule is O=c1[nH]c(=O)n(Cc2ccc(F)cc2)c(O)c1/C=N/N1CCCCCC1. The van der Waals surface area contributed by atoms with E-state index in [-0.39, 0.29) is 12.1 Å². The summed E-state index contributed by atoms with van der Waals surface area (Å²) in [7, 11) is 0. The van der Waals surface area contributed by atoms with Crippen molar-refractivity contribution >= 4 is 6.21 Å². The Hall–Kier alpha value is -2.90. The molecule has 8 heteroatoms. The number of hydrazone groups is 1. The van der Waals surface area contributed by atoms with Gasteiger partial charge in [-0.2, -0.15) is 5.10 Å². The van der Waals surface area contributed by atoms with Gasteiger partial charge in [0.1, 0.15) is 11.4 Å². The molecule has 0 bridgehead atoms. The van der Waals surface area contributed by atoms with Crippen molar-refractivity contribution in [2.45, 2.75) is 32.2 Å². The van der Waals surface area contributed by atoms with Crippen LogP contribution < -0.4 is 11.2 Å². The van der Waals surface area contributed by atoms with E-state index >= 15 is 0 Å². The fourth-order valence-corrected chi connectivity index (χ4v) is 2.92. The van der Waals surface area contributed by atoms with Crippen LogP contribution in [0.15, 0.2) is 39.0 Å². The average Bonchev–Trinajstić information content (AvgIpc) is 2.89. The van der Waals surface area contributed by atoms with E-state index in [1.165, 1.54) is 30.5 Å². The summed E-state index contributed by atoms with van der Waals surface area (Å²) in [5, 5.41) is 16.6. The minimum absolute atomic E-state index is 0.00623. The van der Waals surface area contributed by atoms with Gasteiger partial charge in [0.15, 0.2) is 0 Å². The molecule has 1 aliphatic rings. The summed E-state index contributed by atoms with van der Waals surface area (Å²) in [6.07, 6.45) is 5.66. The minimum atomic E-state index is -0.733. The molecule has 0 atom stereocenters. The lowest BCUT2D eigenvalue weighted by atomic mass is 10.2. The fourth-order valence-electron chi connectivity index (χ4n) is 2.92. The second kappa shape index (κ2) is 7.99. The Kier molecular flexibility index (Phi) is 5.50.